The molecule has 3 rings (SSSR count). The first-order valence-electron chi connectivity index (χ1n) is 7.52. The van der Waals surface area contributed by atoms with Crippen LogP contribution in [0.25, 0.3) is 0 Å². The molecule has 0 saturated carbocycles. The van der Waals surface area contributed by atoms with Gasteiger partial charge in [0.2, 0.25) is 11.9 Å². The maximum Gasteiger partial charge on any atom is 0.258 e. The fourth-order valence-electron chi connectivity index (χ4n) is 2.45. The molecule has 0 aromatic heterocycles. The third-order valence-electron chi connectivity index (χ3n) is 3.70. The highest BCUT2D eigenvalue weighted by Crippen LogP contribution is 2.23. The van der Waals surface area contributed by atoms with E-state index in [2.05, 4.69) is 15.6 Å². The zero-order valence-electron chi connectivity index (χ0n) is 13.0. The van der Waals surface area contributed by atoms with E-state index in [-0.39, 0.29) is 30.2 Å². The van der Waals surface area contributed by atoms with Crippen LogP contribution in [0.2, 0.25) is 5.02 Å². The van der Waals surface area contributed by atoms with Gasteiger partial charge in [-0.3, -0.25) is 20.2 Å². The molecule has 2 N–H and O–H groups in total. The first-order valence-corrected chi connectivity index (χ1v) is 7.90. The number of nitrogens with zero attached hydrogens (tertiary/aromatic N) is 1. The number of halogens is 1. The number of guanidine groups is 1. The molecule has 0 saturated heterocycles. The van der Waals surface area contributed by atoms with E-state index in [1.165, 1.54) is 0 Å². The highest BCUT2D eigenvalue weighted by atomic mass is 35.5. The molecule has 2 amide bonds. The Hall–Kier alpha value is -2.66. The zero-order valence-corrected chi connectivity index (χ0v) is 13.8. The third kappa shape index (κ3) is 3.81. The normalized spacial score (nSPS) is 17.0. The van der Waals surface area contributed by atoms with E-state index in [4.69, 9.17) is 11.6 Å². The Morgan fingerprint density at radius 2 is 2.00 bits per heavy atom. The first kappa shape index (κ1) is 16.2. The summed E-state index contributed by atoms with van der Waals surface area (Å²) in [6.07, 6.45) is 0.250. The smallest absolute Gasteiger partial charge is 0.258 e. The lowest BCUT2D eigenvalue weighted by molar-refractivity contribution is -0.120. The van der Waals surface area contributed by atoms with Crippen LogP contribution in [0.3, 0.4) is 0 Å². The zero-order chi connectivity index (χ0) is 17.1. The first-order chi connectivity index (χ1) is 11.5. The monoisotopic (exact) mass is 341 g/mol. The van der Waals surface area contributed by atoms with Crippen LogP contribution in [-0.2, 0) is 4.79 Å². The SMILES string of the molecule is Cc1ccc([C@H]2CC(=O)NC(NC(=O)c3cccc(Cl)c3)=N2)cc1. The molecule has 0 bridgehead atoms. The number of carbonyl (C=O) groups excluding carboxylic acids is 2. The molecule has 24 heavy (non-hydrogen) atoms. The van der Waals surface area contributed by atoms with E-state index in [9.17, 15) is 9.59 Å². The Morgan fingerprint density at radius 3 is 2.71 bits per heavy atom. The van der Waals surface area contributed by atoms with Crippen LogP contribution in [0, 0.1) is 6.92 Å². The number of rotatable bonds is 2. The minimum Gasteiger partial charge on any atom is -0.296 e. The molecule has 1 atom stereocenters. The van der Waals surface area contributed by atoms with Gasteiger partial charge in [0.15, 0.2) is 0 Å². The van der Waals surface area contributed by atoms with E-state index in [0.29, 0.717) is 10.6 Å². The van der Waals surface area contributed by atoms with Gasteiger partial charge in [0.05, 0.1) is 12.5 Å². The van der Waals surface area contributed by atoms with E-state index >= 15 is 0 Å². The van der Waals surface area contributed by atoms with Crippen LogP contribution in [0.5, 0.6) is 0 Å². The van der Waals surface area contributed by atoms with E-state index in [0.717, 1.165) is 11.1 Å². The molecule has 1 aliphatic heterocycles. The summed E-state index contributed by atoms with van der Waals surface area (Å²) in [6, 6.07) is 14.1. The summed E-state index contributed by atoms with van der Waals surface area (Å²) in [7, 11) is 0. The van der Waals surface area contributed by atoms with Gasteiger partial charge in [0.1, 0.15) is 0 Å². The molecule has 1 heterocycles. The van der Waals surface area contributed by atoms with Gasteiger partial charge in [0, 0.05) is 10.6 Å². The minimum atomic E-state index is -0.374. The number of nitrogens with one attached hydrogen (secondary N) is 2. The number of benzene rings is 2. The van der Waals surface area contributed by atoms with Crippen molar-refractivity contribution in [2.75, 3.05) is 0 Å². The van der Waals surface area contributed by atoms with Crippen LogP contribution >= 0.6 is 11.6 Å². The van der Waals surface area contributed by atoms with E-state index < -0.39 is 0 Å². The van der Waals surface area contributed by atoms with Crippen LogP contribution in [-0.4, -0.2) is 17.8 Å². The Bertz CT molecular complexity index is 815. The van der Waals surface area contributed by atoms with Crippen molar-refractivity contribution in [2.24, 2.45) is 4.99 Å². The molecular formula is C18H16ClN3O2. The molecule has 0 spiro atoms. The summed E-state index contributed by atoms with van der Waals surface area (Å²) in [5, 5.41) is 5.68. The van der Waals surface area contributed by atoms with Crippen molar-refractivity contribution in [1.29, 1.82) is 0 Å². The maximum atomic E-state index is 12.3. The highest BCUT2D eigenvalue weighted by molar-refractivity contribution is 6.31. The summed E-state index contributed by atoms with van der Waals surface area (Å²) < 4.78 is 0. The highest BCUT2D eigenvalue weighted by Gasteiger charge is 2.23. The van der Waals surface area contributed by atoms with Crippen LogP contribution in [0.15, 0.2) is 53.5 Å². The Morgan fingerprint density at radius 1 is 1.25 bits per heavy atom. The van der Waals surface area contributed by atoms with Gasteiger partial charge < -0.3 is 0 Å². The van der Waals surface area contributed by atoms with Gasteiger partial charge >= 0.3 is 0 Å². The van der Waals surface area contributed by atoms with E-state index in [1.807, 2.05) is 31.2 Å². The second-order valence-electron chi connectivity index (χ2n) is 5.62. The topological polar surface area (TPSA) is 70.6 Å². The molecule has 0 unspecified atom stereocenters. The van der Waals surface area contributed by atoms with Gasteiger partial charge in [-0.15, -0.1) is 0 Å². The molecule has 2 aromatic carbocycles. The van der Waals surface area contributed by atoms with Gasteiger partial charge in [-0.25, -0.2) is 4.99 Å². The van der Waals surface area contributed by atoms with Crippen molar-refractivity contribution >= 4 is 29.4 Å². The van der Waals surface area contributed by atoms with E-state index in [1.54, 1.807) is 24.3 Å². The van der Waals surface area contributed by atoms with Crippen molar-refractivity contribution in [3.63, 3.8) is 0 Å². The molecule has 0 fully saturated rings. The third-order valence-corrected chi connectivity index (χ3v) is 3.94. The number of aryl methyl sites for hydroxylation is 1. The summed E-state index contributed by atoms with van der Waals surface area (Å²) in [6.45, 7) is 2.00. The van der Waals surface area contributed by atoms with Crippen molar-refractivity contribution in [3.8, 4) is 0 Å². The van der Waals surface area contributed by atoms with Gasteiger partial charge in [-0.2, -0.15) is 0 Å². The van der Waals surface area contributed by atoms with Gasteiger partial charge in [-0.1, -0.05) is 47.5 Å². The number of carbonyl (C=O) groups is 2. The maximum absolute atomic E-state index is 12.3. The molecule has 1 aliphatic rings. The fraction of sp³-hybridized carbons (Fsp3) is 0.167. The minimum absolute atomic E-state index is 0.154. The fourth-order valence-corrected chi connectivity index (χ4v) is 2.64. The average Bonchev–Trinajstić information content (AvgIpc) is 2.55. The van der Waals surface area contributed by atoms with Crippen molar-refractivity contribution in [2.45, 2.75) is 19.4 Å². The summed E-state index contributed by atoms with van der Waals surface area (Å²) >= 11 is 5.89. The number of aliphatic imine (C=N–C) groups is 1. The summed E-state index contributed by atoms with van der Waals surface area (Å²) in [5.74, 6) is -0.403. The Labute approximate surface area is 144 Å². The van der Waals surface area contributed by atoms with Crippen molar-refractivity contribution in [1.82, 2.24) is 10.6 Å². The van der Waals surface area contributed by atoms with Crippen LogP contribution < -0.4 is 10.6 Å². The molecule has 5 nitrogen and oxygen atoms in total. The molecule has 2 aromatic rings. The quantitative estimate of drug-likeness (QED) is 0.881. The Kier molecular flexibility index (Phi) is 4.62. The molecule has 0 aliphatic carbocycles. The molecule has 6 heteroatoms. The van der Waals surface area contributed by atoms with Crippen molar-refractivity contribution in [3.05, 3.63) is 70.2 Å². The van der Waals surface area contributed by atoms with Crippen LogP contribution in [0.4, 0.5) is 0 Å². The second-order valence-corrected chi connectivity index (χ2v) is 6.06. The molecule has 0 radical (unpaired) electrons. The number of hydrogen-bond acceptors (Lipinski definition) is 3. The predicted octanol–water partition coefficient (Wildman–Crippen LogP) is 3.00. The lowest BCUT2D eigenvalue weighted by Crippen LogP contribution is -2.47. The average molecular weight is 342 g/mol. The Balaban J connectivity index is 1.80. The largest absolute Gasteiger partial charge is 0.296 e. The van der Waals surface area contributed by atoms with Crippen LogP contribution in [0.1, 0.15) is 33.9 Å². The molecule has 122 valence electrons. The van der Waals surface area contributed by atoms with Gasteiger partial charge in [0.25, 0.3) is 5.91 Å². The number of amides is 2. The number of hydrogen-bond donors (Lipinski definition) is 2. The summed E-state index contributed by atoms with van der Waals surface area (Å²) in [5.41, 5.74) is 2.47. The molecular weight excluding hydrogens is 326 g/mol. The lowest BCUT2D eigenvalue weighted by Gasteiger charge is -2.21. The lowest BCUT2D eigenvalue weighted by atomic mass is 10.0. The van der Waals surface area contributed by atoms with Crippen molar-refractivity contribution < 1.29 is 9.59 Å². The second kappa shape index (κ2) is 6.84. The standard InChI is InChI=1S/C18H16ClN3O2/c1-11-5-7-12(8-6-11)15-10-16(23)21-18(20-15)22-17(24)13-3-2-4-14(19)9-13/h2-9,15H,10H2,1H3,(H2,20,21,22,23,24)/t15-/m1/s1. The predicted molar refractivity (Wildman–Crippen MR) is 93.0 cm³/mol. The van der Waals surface area contributed by atoms with Gasteiger partial charge in [-0.05, 0) is 30.7 Å². The summed E-state index contributed by atoms with van der Waals surface area (Å²) in [4.78, 5) is 28.6.